The summed E-state index contributed by atoms with van der Waals surface area (Å²) in [6.45, 7) is 8.78. The van der Waals surface area contributed by atoms with Crippen molar-refractivity contribution in [2.45, 2.75) is 33.7 Å². The topological polar surface area (TPSA) is 57.6 Å². The minimum absolute atomic E-state index is 0.0550. The Kier molecular flexibility index (Phi) is 5.10. The summed E-state index contributed by atoms with van der Waals surface area (Å²) < 4.78 is 0. The minimum Gasteiger partial charge on any atom is -0.478 e. The van der Waals surface area contributed by atoms with Gasteiger partial charge < -0.3 is 10.0 Å². The van der Waals surface area contributed by atoms with Gasteiger partial charge >= 0.3 is 5.97 Å². The van der Waals surface area contributed by atoms with Crippen molar-refractivity contribution in [3.05, 3.63) is 35.4 Å². The fraction of sp³-hybridized carbons (Fsp3) is 0.467. The van der Waals surface area contributed by atoms with Crippen molar-refractivity contribution in [2.75, 3.05) is 6.54 Å². The first-order valence-electron chi connectivity index (χ1n) is 6.47. The van der Waals surface area contributed by atoms with Gasteiger partial charge in [-0.25, -0.2) is 4.79 Å². The number of carboxylic acids is 1. The molecule has 0 heterocycles. The Morgan fingerprint density at radius 1 is 1.05 bits per heavy atom. The van der Waals surface area contributed by atoms with E-state index in [2.05, 4.69) is 13.8 Å². The average molecular weight is 263 g/mol. The van der Waals surface area contributed by atoms with Crippen LogP contribution in [0.15, 0.2) is 24.3 Å². The second-order valence-corrected chi connectivity index (χ2v) is 5.33. The molecule has 1 aromatic rings. The molecule has 0 unspecified atom stereocenters. The van der Waals surface area contributed by atoms with Gasteiger partial charge in [0, 0.05) is 18.2 Å². The number of nitrogens with zero attached hydrogens (tertiary/aromatic N) is 1. The number of hydrogen-bond donors (Lipinski definition) is 1. The number of carboxylic acid groups (broad SMARTS) is 1. The molecule has 0 spiro atoms. The summed E-state index contributed by atoms with van der Waals surface area (Å²) in [5.41, 5.74) is 0.718. The maximum atomic E-state index is 12.4. The fourth-order valence-electron chi connectivity index (χ4n) is 1.84. The lowest BCUT2D eigenvalue weighted by Gasteiger charge is -2.28. The van der Waals surface area contributed by atoms with Crippen LogP contribution in [-0.4, -0.2) is 34.5 Å². The Morgan fingerprint density at radius 2 is 1.53 bits per heavy atom. The molecular weight excluding hydrogens is 242 g/mol. The molecule has 1 N–H and O–H groups in total. The van der Waals surface area contributed by atoms with Crippen molar-refractivity contribution < 1.29 is 14.7 Å². The van der Waals surface area contributed by atoms with Crippen LogP contribution >= 0.6 is 0 Å². The number of amides is 1. The molecule has 0 saturated carbocycles. The summed E-state index contributed by atoms with van der Waals surface area (Å²) in [6.07, 6.45) is 0. The van der Waals surface area contributed by atoms with Gasteiger partial charge in [-0.3, -0.25) is 4.79 Å². The highest BCUT2D eigenvalue weighted by Gasteiger charge is 2.19. The van der Waals surface area contributed by atoms with Crippen LogP contribution in [0, 0.1) is 5.92 Å². The lowest BCUT2D eigenvalue weighted by atomic mass is 10.1. The molecule has 0 radical (unpaired) electrons. The van der Waals surface area contributed by atoms with E-state index in [1.807, 2.05) is 13.8 Å². The number of benzene rings is 1. The van der Waals surface area contributed by atoms with Crippen molar-refractivity contribution in [3.63, 3.8) is 0 Å². The summed E-state index contributed by atoms with van der Waals surface area (Å²) in [4.78, 5) is 25.0. The van der Waals surface area contributed by atoms with E-state index in [9.17, 15) is 9.59 Å². The van der Waals surface area contributed by atoms with Crippen molar-refractivity contribution in [2.24, 2.45) is 5.92 Å². The Bertz CT molecular complexity index is 449. The summed E-state index contributed by atoms with van der Waals surface area (Å²) in [6, 6.07) is 6.18. The van der Waals surface area contributed by atoms with Gasteiger partial charge in [0.1, 0.15) is 0 Å². The lowest BCUT2D eigenvalue weighted by molar-refractivity contribution is 0.0673. The highest BCUT2D eigenvalue weighted by Crippen LogP contribution is 2.12. The van der Waals surface area contributed by atoms with E-state index >= 15 is 0 Å². The van der Waals surface area contributed by atoms with Gasteiger partial charge in [-0.05, 0) is 44.0 Å². The average Bonchev–Trinajstić information content (AvgIpc) is 2.34. The van der Waals surface area contributed by atoms with E-state index in [-0.39, 0.29) is 17.5 Å². The highest BCUT2D eigenvalue weighted by atomic mass is 16.4. The predicted molar refractivity (Wildman–Crippen MR) is 74.4 cm³/mol. The largest absolute Gasteiger partial charge is 0.478 e. The maximum absolute atomic E-state index is 12.4. The molecule has 4 nitrogen and oxygen atoms in total. The molecule has 1 aromatic carbocycles. The molecule has 0 aromatic heterocycles. The summed E-state index contributed by atoms with van der Waals surface area (Å²) in [5, 5.41) is 8.84. The first-order valence-corrected chi connectivity index (χ1v) is 6.47. The van der Waals surface area contributed by atoms with Gasteiger partial charge in [-0.15, -0.1) is 0 Å². The molecule has 0 atom stereocenters. The Labute approximate surface area is 114 Å². The minimum atomic E-state index is -0.984. The van der Waals surface area contributed by atoms with Crippen LogP contribution in [0.4, 0.5) is 0 Å². The molecule has 0 aliphatic rings. The third kappa shape index (κ3) is 4.09. The first-order chi connectivity index (χ1) is 8.82. The van der Waals surface area contributed by atoms with Gasteiger partial charge in [-0.1, -0.05) is 13.8 Å². The molecule has 19 heavy (non-hydrogen) atoms. The highest BCUT2D eigenvalue weighted by molar-refractivity contribution is 5.96. The predicted octanol–water partition coefficient (Wildman–Crippen LogP) is 2.89. The zero-order valence-electron chi connectivity index (χ0n) is 11.9. The fourth-order valence-corrected chi connectivity index (χ4v) is 1.84. The van der Waals surface area contributed by atoms with Crippen LogP contribution in [0.25, 0.3) is 0 Å². The summed E-state index contributed by atoms with van der Waals surface area (Å²) >= 11 is 0. The molecule has 0 bridgehead atoms. The zero-order valence-corrected chi connectivity index (χ0v) is 11.9. The van der Waals surface area contributed by atoms with E-state index < -0.39 is 5.97 Å². The summed E-state index contributed by atoms with van der Waals surface area (Å²) in [5.74, 6) is -0.646. The van der Waals surface area contributed by atoms with E-state index in [4.69, 9.17) is 5.11 Å². The van der Waals surface area contributed by atoms with Gasteiger partial charge in [0.25, 0.3) is 5.91 Å². The SMILES string of the molecule is CC(C)CN(C(=O)c1ccc(C(=O)O)cc1)C(C)C. The lowest BCUT2D eigenvalue weighted by Crippen LogP contribution is -2.39. The molecule has 0 fully saturated rings. The molecule has 1 rings (SSSR count). The smallest absolute Gasteiger partial charge is 0.335 e. The van der Waals surface area contributed by atoms with Crippen molar-refractivity contribution in [1.82, 2.24) is 4.90 Å². The van der Waals surface area contributed by atoms with Crippen molar-refractivity contribution >= 4 is 11.9 Å². The Morgan fingerprint density at radius 3 is 1.89 bits per heavy atom. The molecule has 1 amide bonds. The molecule has 0 saturated heterocycles. The summed E-state index contributed by atoms with van der Waals surface area (Å²) in [7, 11) is 0. The van der Waals surface area contributed by atoms with Crippen molar-refractivity contribution in [3.8, 4) is 0 Å². The van der Waals surface area contributed by atoms with Gasteiger partial charge in [0.2, 0.25) is 0 Å². The Hall–Kier alpha value is -1.84. The Balaban J connectivity index is 2.93. The van der Waals surface area contributed by atoms with Gasteiger partial charge in [-0.2, -0.15) is 0 Å². The van der Waals surface area contributed by atoms with E-state index in [0.29, 0.717) is 18.0 Å². The quantitative estimate of drug-likeness (QED) is 0.888. The van der Waals surface area contributed by atoms with Crippen LogP contribution in [0.3, 0.4) is 0 Å². The van der Waals surface area contributed by atoms with E-state index in [1.54, 1.807) is 17.0 Å². The second kappa shape index (κ2) is 6.36. The normalized spacial score (nSPS) is 10.8. The standard InChI is InChI=1S/C15H21NO3/c1-10(2)9-16(11(3)4)14(17)12-5-7-13(8-6-12)15(18)19/h5-8,10-11H,9H2,1-4H3,(H,18,19). The first kappa shape index (κ1) is 15.2. The van der Waals surface area contributed by atoms with Gasteiger partial charge in [0.05, 0.1) is 5.56 Å². The van der Waals surface area contributed by atoms with Crippen LogP contribution in [0.1, 0.15) is 48.4 Å². The van der Waals surface area contributed by atoms with Gasteiger partial charge in [0.15, 0.2) is 0 Å². The van der Waals surface area contributed by atoms with E-state index in [0.717, 1.165) is 0 Å². The molecule has 104 valence electrons. The zero-order chi connectivity index (χ0) is 14.6. The van der Waals surface area contributed by atoms with Crippen LogP contribution in [0.5, 0.6) is 0 Å². The number of rotatable bonds is 5. The molecule has 0 aliphatic heterocycles. The third-order valence-corrected chi connectivity index (χ3v) is 2.82. The second-order valence-electron chi connectivity index (χ2n) is 5.33. The van der Waals surface area contributed by atoms with Crippen LogP contribution in [0.2, 0.25) is 0 Å². The van der Waals surface area contributed by atoms with E-state index in [1.165, 1.54) is 12.1 Å². The molecular formula is C15H21NO3. The third-order valence-electron chi connectivity index (χ3n) is 2.82. The number of carbonyl (C=O) groups excluding carboxylic acids is 1. The van der Waals surface area contributed by atoms with Crippen molar-refractivity contribution in [1.29, 1.82) is 0 Å². The monoisotopic (exact) mass is 263 g/mol. The number of hydrogen-bond acceptors (Lipinski definition) is 2. The maximum Gasteiger partial charge on any atom is 0.335 e. The number of carbonyl (C=O) groups is 2. The van der Waals surface area contributed by atoms with Crippen LogP contribution < -0.4 is 0 Å². The van der Waals surface area contributed by atoms with Crippen LogP contribution in [-0.2, 0) is 0 Å². The molecule has 0 aliphatic carbocycles. The molecule has 4 heteroatoms. The number of aromatic carboxylic acids is 1.